The van der Waals surface area contributed by atoms with Gasteiger partial charge in [-0.2, -0.15) is 0 Å². The summed E-state index contributed by atoms with van der Waals surface area (Å²) in [6, 6.07) is -4.20. The Bertz CT molecular complexity index is 720. The Morgan fingerprint density at radius 2 is 1.56 bits per heavy atom. The van der Waals surface area contributed by atoms with Crippen LogP contribution in [-0.2, 0) is 24.0 Å². The van der Waals surface area contributed by atoms with Crippen LogP contribution in [0.3, 0.4) is 0 Å². The summed E-state index contributed by atoms with van der Waals surface area (Å²) in [7, 11) is 0. The van der Waals surface area contributed by atoms with Gasteiger partial charge in [0.25, 0.3) is 0 Å². The lowest BCUT2D eigenvalue weighted by Gasteiger charge is -2.28. The Balaban J connectivity index is 2.84. The van der Waals surface area contributed by atoms with Crippen LogP contribution in [0.5, 0.6) is 0 Å². The van der Waals surface area contributed by atoms with Crippen LogP contribution in [-0.4, -0.2) is 83.4 Å². The number of hydrogen-bond acceptors (Lipinski definition) is 8. The first kappa shape index (κ1) is 29.3. The first-order valence-electron chi connectivity index (χ1n) is 11.7. The summed E-state index contributed by atoms with van der Waals surface area (Å²) >= 11 is 0. The summed E-state index contributed by atoms with van der Waals surface area (Å²) in [6.45, 7) is 1.22. The lowest BCUT2D eigenvalue weighted by molar-refractivity contribution is -0.143. The molecule has 4 atom stereocenters. The predicted octanol–water partition coefficient (Wildman–Crippen LogP) is -2.51. The van der Waals surface area contributed by atoms with E-state index in [4.69, 9.17) is 22.9 Å². The zero-order valence-electron chi connectivity index (χ0n) is 19.5. The molecule has 0 aromatic rings. The Kier molecular flexibility index (Phi) is 13.1. The quantitative estimate of drug-likeness (QED) is 0.114. The van der Waals surface area contributed by atoms with Crippen molar-refractivity contribution >= 4 is 29.6 Å². The highest BCUT2D eigenvalue weighted by molar-refractivity contribution is 5.96. The molecule has 0 aliphatic carbocycles. The van der Waals surface area contributed by atoms with Crippen LogP contribution in [0.1, 0.15) is 57.8 Å². The molecule has 1 fully saturated rings. The van der Waals surface area contributed by atoms with E-state index in [1.54, 1.807) is 0 Å². The van der Waals surface area contributed by atoms with Crippen molar-refractivity contribution in [2.75, 3.05) is 19.6 Å². The Morgan fingerprint density at radius 1 is 0.941 bits per heavy atom. The van der Waals surface area contributed by atoms with E-state index in [1.807, 2.05) is 0 Å². The fraction of sp³-hybridized carbons (Fsp3) is 0.762. The molecule has 0 spiro atoms. The van der Waals surface area contributed by atoms with Gasteiger partial charge in [0, 0.05) is 6.54 Å². The third-order valence-electron chi connectivity index (χ3n) is 5.72. The molecule has 4 amide bonds. The average Bonchev–Trinajstić information content (AvgIpc) is 3.27. The molecule has 1 aliphatic rings. The number of carbonyl (C=O) groups excluding carboxylic acids is 4. The van der Waals surface area contributed by atoms with Gasteiger partial charge in [-0.25, -0.2) is 4.79 Å². The maximum absolute atomic E-state index is 12.9. The molecule has 1 rings (SSSR count). The molecule has 34 heavy (non-hydrogen) atoms. The monoisotopic (exact) mass is 485 g/mol. The number of nitrogens with zero attached hydrogens (tertiary/aromatic N) is 1. The molecule has 4 unspecified atom stereocenters. The summed E-state index contributed by atoms with van der Waals surface area (Å²) in [6.07, 6.45) is 3.49. The van der Waals surface area contributed by atoms with Gasteiger partial charge in [0.2, 0.25) is 23.6 Å². The van der Waals surface area contributed by atoms with Gasteiger partial charge in [-0.3, -0.25) is 19.2 Å². The molecular formula is C21H39N7O6. The fourth-order valence-corrected chi connectivity index (χ4v) is 3.85. The predicted molar refractivity (Wildman–Crippen MR) is 124 cm³/mol. The number of primary amides is 1. The van der Waals surface area contributed by atoms with Gasteiger partial charge in [0.05, 0.1) is 12.5 Å². The van der Waals surface area contributed by atoms with E-state index >= 15 is 0 Å². The van der Waals surface area contributed by atoms with Gasteiger partial charge in [-0.1, -0.05) is 6.42 Å². The van der Waals surface area contributed by atoms with Crippen molar-refractivity contribution in [3.8, 4) is 0 Å². The second-order valence-electron chi connectivity index (χ2n) is 8.50. The van der Waals surface area contributed by atoms with Crippen molar-refractivity contribution in [3.05, 3.63) is 0 Å². The third kappa shape index (κ3) is 9.61. The van der Waals surface area contributed by atoms with Crippen LogP contribution >= 0.6 is 0 Å². The Morgan fingerprint density at radius 3 is 2.12 bits per heavy atom. The first-order valence-corrected chi connectivity index (χ1v) is 11.7. The molecule has 0 bridgehead atoms. The normalized spacial score (nSPS) is 18.1. The zero-order chi connectivity index (χ0) is 25.7. The molecule has 0 aromatic carbocycles. The summed E-state index contributed by atoms with van der Waals surface area (Å²) in [5.74, 6) is -3.93. The molecule has 13 heteroatoms. The molecule has 0 radical (unpaired) electrons. The number of likely N-dealkylation sites (tertiary alicyclic amines) is 1. The Labute approximate surface area is 199 Å². The molecular weight excluding hydrogens is 446 g/mol. The van der Waals surface area contributed by atoms with Crippen LogP contribution in [0.2, 0.25) is 0 Å². The standard InChI is InChI=1S/C21H39N7O6/c22-9-3-1-6-13(24)20(32)28-11-5-8-16(28)19(31)27-15(12-17(25)29)18(30)26-14(21(33)34)7-2-4-10-23/h13-16H,1-12,22-24H2,(H2,25,29)(H,26,30)(H,27,31)(H,33,34). The van der Waals surface area contributed by atoms with E-state index in [-0.39, 0.29) is 12.3 Å². The summed E-state index contributed by atoms with van der Waals surface area (Å²) < 4.78 is 0. The van der Waals surface area contributed by atoms with E-state index in [1.165, 1.54) is 4.90 Å². The number of hydrogen-bond donors (Lipinski definition) is 7. The highest BCUT2D eigenvalue weighted by atomic mass is 16.4. The number of carboxylic acids is 1. The summed E-state index contributed by atoms with van der Waals surface area (Å²) in [5, 5.41) is 14.2. The van der Waals surface area contributed by atoms with Crippen LogP contribution in [0.15, 0.2) is 0 Å². The van der Waals surface area contributed by atoms with E-state index in [0.29, 0.717) is 58.2 Å². The second kappa shape index (κ2) is 15.2. The number of carboxylic acid groups (broad SMARTS) is 1. The molecule has 194 valence electrons. The molecule has 11 N–H and O–H groups in total. The molecule has 1 aliphatic heterocycles. The number of unbranched alkanes of at least 4 members (excludes halogenated alkanes) is 2. The minimum absolute atomic E-state index is 0.141. The van der Waals surface area contributed by atoms with Gasteiger partial charge in [-0.15, -0.1) is 0 Å². The van der Waals surface area contributed by atoms with Crippen molar-refractivity contribution in [3.63, 3.8) is 0 Å². The van der Waals surface area contributed by atoms with Gasteiger partial charge in [0.1, 0.15) is 18.1 Å². The maximum atomic E-state index is 12.9. The summed E-state index contributed by atoms with van der Waals surface area (Å²) in [4.78, 5) is 62.8. The van der Waals surface area contributed by atoms with Crippen molar-refractivity contribution in [2.24, 2.45) is 22.9 Å². The van der Waals surface area contributed by atoms with E-state index < -0.39 is 54.3 Å². The first-order chi connectivity index (χ1) is 16.1. The molecule has 1 saturated heterocycles. The average molecular weight is 486 g/mol. The SMILES string of the molecule is NCCCCC(N)C(=O)N1CCCC1C(=O)NC(CC(N)=O)C(=O)NC(CCCCN)C(=O)O. The molecule has 1 heterocycles. The molecule has 0 aromatic heterocycles. The number of nitrogens with two attached hydrogens (primary N) is 4. The lowest BCUT2D eigenvalue weighted by atomic mass is 10.1. The number of nitrogens with one attached hydrogen (secondary N) is 2. The number of rotatable bonds is 16. The van der Waals surface area contributed by atoms with Crippen LogP contribution < -0.4 is 33.6 Å². The van der Waals surface area contributed by atoms with Gasteiger partial charge in [-0.05, 0) is 58.0 Å². The lowest BCUT2D eigenvalue weighted by Crippen LogP contribution is -2.57. The number of carbonyl (C=O) groups is 5. The topological polar surface area (TPSA) is 237 Å². The zero-order valence-corrected chi connectivity index (χ0v) is 19.5. The molecule has 13 nitrogen and oxygen atoms in total. The van der Waals surface area contributed by atoms with E-state index in [9.17, 15) is 29.1 Å². The smallest absolute Gasteiger partial charge is 0.326 e. The van der Waals surface area contributed by atoms with Gasteiger partial charge < -0.3 is 43.6 Å². The van der Waals surface area contributed by atoms with Crippen molar-refractivity contribution in [2.45, 2.75) is 82.0 Å². The van der Waals surface area contributed by atoms with Gasteiger partial charge in [0.15, 0.2) is 0 Å². The third-order valence-corrected chi connectivity index (χ3v) is 5.72. The minimum Gasteiger partial charge on any atom is -0.480 e. The van der Waals surface area contributed by atoms with E-state index in [0.717, 1.165) is 6.42 Å². The number of amides is 4. The maximum Gasteiger partial charge on any atom is 0.326 e. The summed E-state index contributed by atoms with van der Waals surface area (Å²) in [5.41, 5.74) is 22.1. The minimum atomic E-state index is -1.38. The van der Waals surface area contributed by atoms with Crippen LogP contribution in [0.4, 0.5) is 0 Å². The largest absolute Gasteiger partial charge is 0.480 e. The van der Waals surface area contributed by atoms with Gasteiger partial charge >= 0.3 is 5.97 Å². The second-order valence-corrected chi connectivity index (χ2v) is 8.50. The number of aliphatic carboxylic acids is 1. The van der Waals surface area contributed by atoms with Crippen molar-refractivity contribution in [1.29, 1.82) is 0 Å². The van der Waals surface area contributed by atoms with Crippen LogP contribution in [0, 0.1) is 0 Å². The highest BCUT2D eigenvalue weighted by Crippen LogP contribution is 2.19. The van der Waals surface area contributed by atoms with Crippen molar-refractivity contribution in [1.82, 2.24) is 15.5 Å². The van der Waals surface area contributed by atoms with E-state index in [2.05, 4.69) is 10.6 Å². The van der Waals surface area contributed by atoms with Crippen LogP contribution in [0.25, 0.3) is 0 Å². The van der Waals surface area contributed by atoms with Crippen molar-refractivity contribution < 1.29 is 29.1 Å². The fourth-order valence-electron chi connectivity index (χ4n) is 3.85. The highest BCUT2D eigenvalue weighted by Gasteiger charge is 2.38. The Hall–Kier alpha value is -2.77. The molecule has 0 saturated carbocycles.